The second-order valence-electron chi connectivity index (χ2n) is 4.61. The van der Waals surface area contributed by atoms with Crippen LogP contribution in [0.5, 0.6) is 0 Å². The molecule has 0 aromatic carbocycles. The highest BCUT2D eigenvalue weighted by Crippen LogP contribution is 2.40. The summed E-state index contributed by atoms with van der Waals surface area (Å²) in [4.78, 5) is 4.67. The van der Waals surface area contributed by atoms with Gasteiger partial charge in [-0.2, -0.15) is 0 Å². The van der Waals surface area contributed by atoms with Crippen LogP contribution in [0.3, 0.4) is 0 Å². The van der Waals surface area contributed by atoms with Gasteiger partial charge in [-0.15, -0.1) is 0 Å². The molecule has 4 heteroatoms. The molecule has 1 atom stereocenters. The van der Waals surface area contributed by atoms with Crippen molar-refractivity contribution in [2.75, 3.05) is 19.5 Å². The van der Waals surface area contributed by atoms with E-state index in [1.54, 1.807) is 7.11 Å². The van der Waals surface area contributed by atoms with E-state index in [0.717, 1.165) is 23.8 Å². The quantitative estimate of drug-likeness (QED) is 0.831. The van der Waals surface area contributed by atoms with Gasteiger partial charge < -0.3 is 15.0 Å². The molecule has 1 aliphatic carbocycles. The molecule has 0 bridgehead atoms. The van der Waals surface area contributed by atoms with Gasteiger partial charge in [-0.05, 0) is 12.8 Å². The van der Waals surface area contributed by atoms with Crippen LogP contribution in [0.2, 0.25) is 0 Å². The number of imidazole rings is 1. The zero-order valence-corrected chi connectivity index (χ0v) is 10.4. The predicted octanol–water partition coefficient (Wildman–Crippen LogP) is 2.11. The zero-order chi connectivity index (χ0) is 11.7. The maximum Gasteiger partial charge on any atom is 0.127 e. The summed E-state index contributed by atoms with van der Waals surface area (Å²) in [5.41, 5.74) is 7.20. The number of hydrogen-bond donors (Lipinski definition) is 1. The molecule has 90 valence electrons. The van der Waals surface area contributed by atoms with E-state index in [1.165, 1.54) is 12.8 Å². The largest absolute Gasteiger partial charge is 0.384 e. The molecule has 0 radical (unpaired) electrons. The van der Waals surface area contributed by atoms with Crippen LogP contribution >= 0.6 is 0 Å². The minimum absolute atomic E-state index is 0.273. The molecule has 1 unspecified atom stereocenters. The number of nitrogens with two attached hydrogens (primary N) is 1. The highest BCUT2D eigenvalue weighted by atomic mass is 16.5. The number of aryl methyl sites for hydroxylation is 1. The van der Waals surface area contributed by atoms with Crippen molar-refractivity contribution >= 4 is 5.82 Å². The highest BCUT2D eigenvalue weighted by molar-refractivity contribution is 5.42. The molecule has 1 aromatic heterocycles. The van der Waals surface area contributed by atoms with Crippen molar-refractivity contribution in [3.63, 3.8) is 0 Å². The number of hydrogen-bond acceptors (Lipinski definition) is 3. The zero-order valence-electron chi connectivity index (χ0n) is 10.4. The molecule has 1 fully saturated rings. The maximum atomic E-state index is 6.20. The monoisotopic (exact) mass is 223 g/mol. The fourth-order valence-corrected chi connectivity index (χ4v) is 2.19. The Balaban J connectivity index is 2.31. The second-order valence-corrected chi connectivity index (χ2v) is 4.61. The Kier molecular flexibility index (Phi) is 3.19. The first-order valence-corrected chi connectivity index (χ1v) is 6.04. The third kappa shape index (κ3) is 1.94. The van der Waals surface area contributed by atoms with Crippen molar-refractivity contribution in [2.45, 2.75) is 45.1 Å². The van der Waals surface area contributed by atoms with E-state index >= 15 is 0 Å². The van der Waals surface area contributed by atoms with E-state index in [1.807, 2.05) is 0 Å². The number of anilines is 1. The molecular weight excluding hydrogens is 202 g/mol. The molecular formula is C12H21N3O. The van der Waals surface area contributed by atoms with E-state index in [-0.39, 0.29) is 5.92 Å². The molecule has 2 rings (SSSR count). The number of ether oxygens (including phenoxy) is 1. The lowest BCUT2D eigenvalue weighted by molar-refractivity contribution is 0.183. The molecule has 2 N–H and O–H groups in total. The minimum Gasteiger partial charge on any atom is -0.384 e. The van der Waals surface area contributed by atoms with Crippen molar-refractivity contribution in [3.8, 4) is 0 Å². The number of nitrogens with zero attached hydrogens (tertiary/aromatic N) is 2. The third-order valence-corrected chi connectivity index (χ3v) is 3.16. The number of aromatic nitrogens is 2. The number of rotatable bonds is 5. The van der Waals surface area contributed by atoms with Gasteiger partial charge >= 0.3 is 0 Å². The van der Waals surface area contributed by atoms with Gasteiger partial charge in [0.25, 0.3) is 0 Å². The summed E-state index contributed by atoms with van der Waals surface area (Å²) in [6.45, 7) is 4.92. The molecule has 16 heavy (non-hydrogen) atoms. The summed E-state index contributed by atoms with van der Waals surface area (Å²) in [5, 5.41) is 0. The lowest BCUT2D eigenvalue weighted by Gasteiger charge is -2.09. The Morgan fingerprint density at radius 3 is 2.75 bits per heavy atom. The average Bonchev–Trinajstić information content (AvgIpc) is 3.03. The maximum absolute atomic E-state index is 6.20. The first-order chi connectivity index (χ1) is 7.69. The average molecular weight is 223 g/mol. The summed E-state index contributed by atoms with van der Waals surface area (Å²) in [5.74, 6) is 2.25. The van der Waals surface area contributed by atoms with Crippen LogP contribution < -0.4 is 5.73 Å². The van der Waals surface area contributed by atoms with Crippen LogP contribution in [-0.2, 0) is 11.2 Å². The van der Waals surface area contributed by atoms with Crippen LogP contribution in [0.4, 0.5) is 5.82 Å². The number of methoxy groups -OCH3 is 1. The van der Waals surface area contributed by atoms with Crippen molar-refractivity contribution in [3.05, 3.63) is 11.5 Å². The molecule has 1 aromatic rings. The molecule has 1 heterocycles. The summed E-state index contributed by atoms with van der Waals surface area (Å²) in [6.07, 6.45) is 3.43. The van der Waals surface area contributed by atoms with Crippen LogP contribution in [0, 0.1) is 0 Å². The van der Waals surface area contributed by atoms with Crippen LogP contribution in [-0.4, -0.2) is 23.3 Å². The van der Waals surface area contributed by atoms with Gasteiger partial charge in [0.1, 0.15) is 11.6 Å². The van der Waals surface area contributed by atoms with Crippen molar-refractivity contribution in [2.24, 2.45) is 0 Å². The lowest BCUT2D eigenvalue weighted by Crippen LogP contribution is -2.07. The van der Waals surface area contributed by atoms with E-state index in [0.29, 0.717) is 12.6 Å². The first kappa shape index (κ1) is 11.5. The van der Waals surface area contributed by atoms with Crippen molar-refractivity contribution in [1.29, 1.82) is 0 Å². The second kappa shape index (κ2) is 4.45. The van der Waals surface area contributed by atoms with Crippen molar-refractivity contribution in [1.82, 2.24) is 9.55 Å². The number of nitrogen functional groups attached to an aromatic ring is 1. The van der Waals surface area contributed by atoms with Crippen LogP contribution in [0.25, 0.3) is 0 Å². The van der Waals surface area contributed by atoms with Gasteiger partial charge in [0, 0.05) is 25.5 Å². The van der Waals surface area contributed by atoms with Gasteiger partial charge in [-0.3, -0.25) is 0 Å². The molecule has 0 spiro atoms. The molecule has 4 nitrogen and oxygen atoms in total. The summed E-state index contributed by atoms with van der Waals surface area (Å²) < 4.78 is 7.39. The van der Waals surface area contributed by atoms with Gasteiger partial charge in [0.15, 0.2) is 0 Å². The van der Waals surface area contributed by atoms with E-state index in [2.05, 4.69) is 23.4 Å². The first-order valence-electron chi connectivity index (χ1n) is 6.04. The Morgan fingerprint density at radius 1 is 1.56 bits per heavy atom. The van der Waals surface area contributed by atoms with Gasteiger partial charge in [-0.25, -0.2) is 4.98 Å². The standard InChI is InChI=1S/C12H21N3O/c1-4-10-14-11(8(2)7-16-3)12(13)15(10)9-5-6-9/h8-9H,4-7,13H2,1-3H3. The van der Waals surface area contributed by atoms with Gasteiger partial charge in [0.05, 0.1) is 12.3 Å². The molecule has 0 saturated heterocycles. The summed E-state index contributed by atoms with van der Waals surface area (Å²) in [7, 11) is 1.71. The topological polar surface area (TPSA) is 53.1 Å². The SMILES string of the molecule is CCc1nc(C(C)COC)c(N)n1C1CC1. The molecule has 1 aliphatic rings. The normalized spacial score (nSPS) is 17.7. The smallest absolute Gasteiger partial charge is 0.127 e. The Labute approximate surface area is 96.8 Å². The van der Waals surface area contributed by atoms with Crippen LogP contribution in [0.1, 0.15) is 50.2 Å². The Hall–Kier alpha value is -1.03. The Morgan fingerprint density at radius 2 is 2.25 bits per heavy atom. The fraction of sp³-hybridized carbons (Fsp3) is 0.750. The fourth-order valence-electron chi connectivity index (χ4n) is 2.19. The van der Waals surface area contributed by atoms with E-state index in [9.17, 15) is 0 Å². The lowest BCUT2D eigenvalue weighted by atomic mass is 10.1. The highest BCUT2D eigenvalue weighted by Gasteiger charge is 2.30. The van der Waals surface area contributed by atoms with E-state index < -0.39 is 0 Å². The van der Waals surface area contributed by atoms with Gasteiger partial charge in [-0.1, -0.05) is 13.8 Å². The predicted molar refractivity (Wildman–Crippen MR) is 64.6 cm³/mol. The van der Waals surface area contributed by atoms with E-state index in [4.69, 9.17) is 10.5 Å². The molecule has 1 saturated carbocycles. The Bertz CT molecular complexity index is 369. The third-order valence-electron chi connectivity index (χ3n) is 3.16. The molecule has 0 aliphatic heterocycles. The summed E-state index contributed by atoms with van der Waals surface area (Å²) in [6, 6.07) is 0.603. The van der Waals surface area contributed by atoms with Crippen molar-refractivity contribution < 1.29 is 4.74 Å². The minimum atomic E-state index is 0.273. The van der Waals surface area contributed by atoms with Crippen LogP contribution in [0.15, 0.2) is 0 Å². The molecule has 0 amide bonds. The summed E-state index contributed by atoms with van der Waals surface area (Å²) >= 11 is 0. The van der Waals surface area contributed by atoms with Gasteiger partial charge in [0.2, 0.25) is 0 Å².